The van der Waals surface area contributed by atoms with Crippen LogP contribution in [-0.4, -0.2) is 36.3 Å². The first-order chi connectivity index (χ1) is 8.29. The molecule has 1 N–H and O–H groups in total. The van der Waals surface area contributed by atoms with Gasteiger partial charge >= 0.3 is 0 Å². The van der Waals surface area contributed by atoms with Crippen molar-refractivity contribution < 1.29 is 9.47 Å². The van der Waals surface area contributed by atoms with Gasteiger partial charge in [-0.15, -0.1) is 0 Å². The molecular formula is C12H19N3O2. The highest BCUT2D eigenvalue weighted by Crippen LogP contribution is 2.17. The first-order valence-corrected chi connectivity index (χ1v) is 6.04. The van der Waals surface area contributed by atoms with E-state index in [1.165, 1.54) is 0 Å². The first-order valence-electron chi connectivity index (χ1n) is 6.04. The standard InChI is InChI=1S/C12H19N3O2/c1-3-13-7-10-6-9(2)14-12(15-10)11-8-16-4-5-17-11/h6,11,13H,3-5,7-8H2,1-2H3. The number of hydrogen-bond acceptors (Lipinski definition) is 5. The summed E-state index contributed by atoms with van der Waals surface area (Å²) in [5.41, 5.74) is 1.97. The molecule has 0 radical (unpaired) electrons. The number of hydrogen-bond donors (Lipinski definition) is 1. The molecule has 2 rings (SSSR count). The van der Waals surface area contributed by atoms with E-state index >= 15 is 0 Å². The van der Waals surface area contributed by atoms with E-state index < -0.39 is 0 Å². The minimum Gasteiger partial charge on any atom is -0.376 e. The summed E-state index contributed by atoms with van der Waals surface area (Å²) in [5, 5.41) is 3.26. The fraction of sp³-hybridized carbons (Fsp3) is 0.667. The minimum atomic E-state index is -0.121. The van der Waals surface area contributed by atoms with Crippen LogP contribution in [0.1, 0.15) is 30.2 Å². The minimum absolute atomic E-state index is 0.121. The van der Waals surface area contributed by atoms with Crippen LogP contribution in [0.15, 0.2) is 6.07 Å². The SMILES string of the molecule is CCNCc1cc(C)nc(C2COCCO2)n1. The van der Waals surface area contributed by atoms with Crippen LogP contribution in [0.2, 0.25) is 0 Å². The van der Waals surface area contributed by atoms with E-state index in [0.29, 0.717) is 19.8 Å². The van der Waals surface area contributed by atoms with Crippen LogP contribution in [0.5, 0.6) is 0 Å². The molecule has 1 saturated heterocycles. The Bertz CT molecular complexity index is 365. The second kappa shape index (κ2) is 6.05. The van der Waals surface area contributed by atoms with Crippen LogP contribution in [0.3, 0.4) is 0 Å². The third-order valence-corrected chi connectivity index (χ3v) is 2.58. The van der Waals surface area contributed by atoms with Gasteiger partial charge in [0.05, 0.1) is 25.5 Å². The lowest BCUT2D eigenvalue weighted by atomic mass is 10.2. The van der Waals surface area contributed by atoms with Crippen molar-refractivity contribution in [1.29, 1.82) is 0 Å². The highest BCUT2D eigenvalue weighted by Gasteiger charge is 2.20. The molecule has 5 heteroatoms. The van der Waals surface area contributed by atoms with Crippen molar-refractivity contribution in [1.82, 2.24) is 15.3 Å². The molecule has 17 heavy (non-hydrogen) atoms. The summed E-state index contributed by atoms with van der Waals surface area (Å²) >= 11 is 0. The quantitative estimate of drug-likeness (QED) is 0.846. The summed E-state index contributed by atoms with van der Waals surface area (Å²) in [6.45, 7) is 7.57. The second-order valence-electron chi connectivity index (χ2n) is 4.07. The zero-order valence-corrected chi connectivity index (χ0v) is 10.4. The smallest absolute Gasteiger partial charge is 0.160 e. The van der Waals surface area contributed by atoms with Gasteiger partial charge in [0.1, 0.15) is 6.10 Å². The van der Waals surface area contributed by atoms with Crippen LogP contribution in [-0.2, 0) is 16.0 Å². The lowest BCUT2D eigenvalue weighted by Crippen LogP contribution is -2.24. The molecule has 1 atom stereocenters. The molecule has 0 aromatic carbocycles. The Labute approximate surface area is 102 Å². The van der Waals surface area contributed by atoms with Crippen molar-refractivity contribution in [2.75, 3.05) is 26.4 Å². The van der Waals surface area contributed by atoms with E-state index in [4.69, 9.17) is 9.47 Å². The molecule has 1 aliphatic rings. The van der Waals surface area contributed by atoms with Crippen molar-refractivity contribution in [2.24, 2.45) is 0 Å². The van der Waals surface area contributed by atoms with Crippen molar-refractivity contribution >= 4 is 0 Å². The van der Waals surface area contributed by atoms with Gasteiger partial charge in [-0.1, -0.05) is 6.92 Å². The largest absolute Gasteiger partial charge is 0.376 e. The monoisotopic (exact) mass is 237 g/mol. The Balaban J connectivity index is 2.12. The van der Waals surface area contributed by atoms with Crippen molar-refractivity contribution in [3.8, 4) is 0 Å². The third-order valence-electron chi connectivity index (χ3n) is 2.58. The molecular weight excluding hydrogens is 218 g/mol. The summed E-state index contributed by atoms with van der Waals surface area (Å²) in [6, 6.07) is 2.00. The van der Waals surface area contributed by atoms with E-state index in [2.05, 4.69) is 22.2 Å². The van der Waals surface area contributed by atoms with Crippen molar-refractivity contribution in [3.05, 3.63) is 23.3 Å². The Morgan fingerprint density at radius 3 is 3.00 bits per heavy atom. The third kappa shape index (κ3) is 3.46. The summed E-state index contributed by atoms with van der Waals surface area (Å²) in [7, 11) is 0. The van der Waals surface area contributed by atoms with Crippen LogP contribution in [0.25, 0.3) is 0 Å². The van der Waals surface area contributed by atoms with Gasteiger partial charge in [0.25, 0.3) is 0 Å². The van der Waals surface area contributed by atoms with E-state index in [9.17, 15) is 0 Å². The molecule has 1 unspecified atom stereocenters. The van der Waals surface area contributed by atoms with Crippen LogP contribution in [0, 0.1) is 6.92 Å². The highest BCUT2D eigenvalue weighted by atomic mass is 16.6. The number of nitrogens with one attached hydrogen (secondary N) is 1. The second-order valence-corrected chi connectivity index (χ2v) is 4.07. The maximum Gasteiger partial charge on any atom is 0.160 e. The topological polar surface area (TPSA) is 56.3 Å². The molecule has 0 aliphatic carbocycles. The van der Waals surface area contributed by atoms with E-state index in [1.807, 2.05) is 13.0 Å². The van der Waals surface area contributed by atoms with Crippen LogP contribution < -0.4 is 5.32 Å². The molecule has 1 aromatic rings. The molecule has 5 nitrogen and oxygen atoms in total. The Hall–Kier alpha value is -1.04. The van der Waals surface area contributed by atoms with Gasteiger partial charge < -0.3 is 14.8 Å². The first kappa shape index (κ1) is 12.4. The number of rotatable bonds is 4. The van der Waals surface area contributed by atoms with Gasteiger partial charge in [0.2, 0.25) is 0 Å². The lowest BCUT2D eigenvalue weighted by Gasteiger charge is -2.22. The number of ether oxygens (including phenoxy) is 2. The Kier molecular flexibility index (Phi) is 4.42. The lowest BCUT2D eigenvalue weighted by molar-refractivity contribution is -0.0936. The zero-order valence-electron chi connectivity index (χ0n) is 10.4. The number of aromatic nitrogens is 2. The molecule has 0 saturated carbocycles. The molecule has 0 spiro atoms. The molecule has 1 aliphatic heterocycles. The van der Waals surface area contributed by atoms with E-state index in [-0.39, 0.29) is 6.10 Å². The molecule has 0 amide bonds. The average molecular weight is 237 g/mol. The summed E-state index contributed by atoms with van der Waals surface area (Å²) < 4.78 is 11.0. The molecule has 1 aromatic heterocycles. The summed E-state index contributed by atoms with van der Waals surface area (Å²) in [4.78, 5) is 8.94. The van der Waals surface area contributed by atoms with Crippen molar-refractivity contribution in [2.45, 2.75) is 26.5 Å². The maximum atomic E-state index is 5.61. The van der Waals surface area contributed by atoms with Gasteiger partial charge in [-0.05, 0) is 19.5 Å². The average Bonchev–Trinajstić information content (AvgIpc) is 2.37. The fourth-order valence-electron chi connectivity index (χ4n) is 1.78. The predicted molar refractivity (Wildman–Crippen MR) is 63.7 cm³/mol. The fourth-order valence-corrected chi connectivity index (χ4v) is 1.78. The van der Waals surface area contributed by atoms with Crippen LogP contribution in [0.4, 0.5) is 0 Å². The van der Waals surface area contributed by atoms with E-state index in [1.54, 1.807) is 0 Å². The predicted octanol–water partition coefficient (Wildman–Crippen LogP) is 0.982. The summed E-state index contributed by atoms with van der Waals surface area (Å²) in [6.07, 6.45) is -0.121. The molecule has 1 fully saturated rings. The van der Waals surface area contributed by atoms with E-state index in [0.717, 1.165) is 30.3 Å². The number of nitrogens with zero attached hydrogens (tertiary/aromatic N) is 2. The van der Waals surface area contributed by atoms with Crippen LogP contribution >= 0.6 is 0 Å². The van der Waals surface area contributed by atoms with Gasteiger partial charge in [-0.25, -0.2) is 9.97 Å². The van der Waals surface area contributed by atoms with Crippen molar-refractivity contribution in [3.63, 3.8) is 0 Å². The molecule has 94 valence electrons. The van der Waals surface area contributed by atoms with Gasteiger partial charge in [-0.2, -0.15) is 0 Å². The Morgan fingerprint density at radius 2 is 2.29 bits per heavy atom. The highest BCUT2D eigenvalue weighted by molar-refractivity contribution is 5.11. The Morgan fingerprint density at radius 1 is 1.41 bits per heavy atom. The normalized spacial score (nSPS) is 20.5. The zero-order chi connectivity index (χ0) is 12.1. The number of aryl methyl sites for hydroxylation is 1. The molecule has 2 heterocycles. The summed E-state index contributed by atoms with van der Waals surface area (Å²) in [5.74, 6) is 0.734. The molecule has 0 bridgehead atoms. The van der Waals surface area contributed by atoms with Gasteiger partial charge in [0, 0.05) is 12.2 Å². The van der Waals surface area contributed by atoms with Gasteiger partial charge in [0.15, 0.2) is 5.82 Å². The maximum absolute atomic E-state index is 5.61. The van der Waals surface area contributed by atoms with Gasteiger partial charge in [-0.3, -0.25) is 0 Å².